The molecule has 0 unspecified atom stereocenters. The van der Waals surface area contributed by atoms with E-state index < -0.39 is 0 Å². The Morgan fingerprint density at radius 3 is 2.61 bits per heavy atom. The van der Waals surface area contributed by atoms with Crippen molar-refractivity contribution in [2.24, 2.45) is 5.73 Å². The normalized spacial score (nSPS) is 11.7. The van der Waals surface area contributed by atoms with Crippen LogP contribution in [0.3, 0.4) is 0 Å². The van der Waals surface area contributed by atoms with Crippen LogP contribution in [0.1, 0.15) is 20.3 Å². The summed E-state index contributed by atoms with van der Waals surface area (Å²) in [7, 11) is 0. The summed E-state index contributed by atoms with van der Waals surface area (Å²) in [4.78, 5) is 22.0. The quantitative estimate of drug-likeness (QED) is 0.424. The average molecular weight is 258 g/mol. The van der Waals surface area contributed by atoms with Gasteiger partial charge in [-0.05, 0) is 26.8 Å². The summed E-state index contributed by atoms with van der Waals surface area (Å²) < 4.78 is 10.2. The Kier molecular flexibility index (Phi) is 8.86. The molecule has 0 aliphatic heterocycles. The van der Waals surface area contributed by atoms with E-state index in [1.807, 2.05) is 0 Å². The highest BCUT2D eigenvalue weighted by Gasteiger charge is 2.11. The molecule has 0 aromatic rings. The van der Waals surface area contributed by atoms with Crippen LogP contribution < -0.4 is 11.1 Å². The molecule has 104 valence electrons. The molecule has 3 N–H and O–H groups in total. The lowest BCUT2D eigenvalue weighted by Gasteiger charge is -2.17. The van der Waals surface area contributed by atoms with Gasteiger partial charge in [0.05, 0.1) is 12.6 Å². The average Bonchev–Trinajstić information content (AvgIpc) is 2.28. The van der Waals surface area contributed by atoms with Gasteiger partial charge in [-0.15, -0.1) is 0 Å². The summed E-state index contributed by atoms with van der Waals surface area (Å²) in [6, 6.07) is -0.309. The Hall–Kier alpha value is -1.40. The third kappa shape index (κ3) is 8.72. The Bertz CT molecular complexity index is 292. The molecule has 6 heteroatoms. The van der Waals surface area contributed by atoms with Gasteiger partial charge in [0.25, 0.3) is 0 Å². The van der Waals surface area contributed by atoms with Crippen molar-refractivity contribution in [2.75, 3.05) is 26.4 Å². The minimum atomic E-state index is -0.313. The van der Waals surface area contributed by atoms with Gasteiger partial charge in [-0.25, -0.2) is 0 Å². The van der Waals surface area contributed by atoms with E-state index in [0.29, 0.717) is 18.9 Å². The highest BCUT2D eigenvalue weighted by Crippen LogP contribution is 2.01. The van der Waals surface area contributed by atoms with Gasteiger partial charge in [0.15, 0.2) is 5.78 Å². The van der Waals surface area contributed by atoms with Gasteiger partial charge in [0.1, 0.15) is 19.0 Å². The van der Waals surface area contributed by atoms with Crippen LogP contribution in [0.4, 0.5) is 0 Å². The van der Waals surface area contributed by atoms with Crippen molar-refractivity contribution >= 4 is 11.7 Å². The van der Waals surface area contributed by atoms with Gasteiger partial charge in [-0.2, -0.15) is 0 Å². The van der Waals surface area contributed by atoms with Crippen LogP contribution in [-0.4, -0.2) is 44.1 Å². The van der Waals surface area contributed by atoms with Gasteiger partial charge in [0.2, 0.25) is 5.91 Å². The van der Waals surface area contributed by atoms with Crippen LogP contribution in [0.2, 0.25) is 0 Å². The molecule has 0 rings (SSSR count). The number of carbonyl (C=O) groups excluding carboxylic acids is 2. The highest BCUT2D eigenvalue weighted by atomic mass is 16.5. The van der Waals surface area contributed by atoms with Crippen molar-refractivity contribution in [2.45, 2.75) is 26.3 Å². The topological polar surface area (TPSA) is 90.7 Å². The van der Waals surface area contributed by atoms with Crippen molar-refractivity contribution in [1.29, 1.82) is 0 Å². The van der Waals surface area contributed by atoms with E-state index in [1.54, 1.807) is 6.92 Å². The smallest absolute Gasteiger partial charge is 0.246 e. The second-order valence-corrected chi connectivity index (χ2v) is 3.94. The van der Waals surface area contributed by atoms with E-state index in [9.17, 15) is 9.59 Å². The second kappa shape index (κ2) is 9.61. The SMILES string of the molecule is C=C(OCCCN)[C@H](C)NC(=O)COCC(C)=O. The summed E-state index contributed by atoms with van der Waals surface area (Å²) in [6.45, 7) is 7.69. The van der Waals surface area contributed by atoms with E-state index in [-0.39, 0.29) is 30.9 Å². The van der Waals surface area contributed by atoms with Gasteiger partial charge in [0, 0.05) is 0 Å². The van der Waals surface area contributed by atoms with Gasteiger partial charge in [-0.1, -0.05) is 6.58 Å². The fraction of sp³-hybridized carbons (Fsp3) is 0.667. The standard InChI is InChI=1S/C12H22N2O4/c1-9(15)7-17-8-12(16)14-10(2)11(3)18-6-4-5-13/h10H,3-8,13H2,1-2H3,(H,14,16)/t10-/m0/s1. The van der Waals surface area contributed by atoms with Crippen LogP contribution in [0.15, 0.2) is 12.3 Å². The number of nitrogens with two attached hydrogens (primary N) is 1. The number of ketones is 1. The van der Waals surface area contributed by atoms with Crippen molar-refractivity contribution in [3.05, 3.63) is 12.3 Å². The Labute approximate surface area is 108 Å². The molecule has 0 saturated carbocycles. The lowest BCUT2D eigenvalue weighted by molar-refractivity contribution is -0.129. The number of amides is 1. The van der Waals surface area contributed by atoms with Crippen LogP contribution in [0.25, 0.3) is 0 Å². The molecule has 0 heterocycles. The molecule has 6 nitrogen and oxygen atoms in total. The molecule has 0 fully saturated rings. The zero-order valence-corrected chi connectivity index (χ0v) is 11.0. The lowest BCUT2D eigenvalue weighted by Crippen LogP contribution is -2.37. The molecule has 0 aromatic carbocycles. The molecule has 0 aliphatic rings. The first kappa shape index (κ1) is 16.6. The molecule has 0 radical (unpaired) electrons. The predicted molar refractivity (Wildman–Crippen MR) is 67.9 cm³/mol. The van der Waals surface area contributed by atoms with E-state index >= 15 is 0 Å². The molecule has 0 spiro atoms. The van der Waals surface area contributed by atoms with Crippen LogP contribution in [0, 0.1) is 0 Å². The number of hydrogen-bond donors (Lipinski definition) is 2. The largest absolute Gasteiger partial charge is 0.496 e. The Morgan fingerprint density at radius 1 is 1.39 bits per heavy atom. The van der Waals surface area contributed by atoms with Crippen LogP contribution in [0.5, 0.6) is 0 Å². The third-order valence-electron chi connectivity index (χ3n) is 2.03. The van der Waals surface area contributed by atoms with E-state index in [4.69, 9.17) is 15.2 Å². The number of rotatable bonds is 10. The lowest BCUT2D eigenvalue weighted by atomic mass is 10.3. The number of Topliss-reactive ketones (excluding diaryl/α,β-unsaturated/α-hetero) is 1. The maximum atomic E-state index is 11.4. The highest BCUT2D eigenvalue weighted by molar-refractivity contribution is 5.79. The van der Waals surface area contributed by atoms with Crippen LogP contribution >= 0.6 is 0 Å². The van der Waals surface area contributed by atoms with Crippen molar-refractivity contribution in [3.63, 3.8) is 0 Å². The summed E-state index contributed by atoms with van der Waals surface area (Å²) in [6.07, 6.45) is 0.738. The zero-order valence-electron chi connectivity index (χ0n) is 11.0. The van der Waals surface area contributed by atoms with E-state index in [1.165, 1.54) is 6.92 Å². The summed E-state index contributed by atoms with van der Waals surface area (Å²) in [5.74, 6) is 0.0427. The molecule has 0 bridgehead atoms. The number of ether oxygens (including phenoxy) is 2. The maximum Gasteiger partial charge on any atom is 0.246 e. The Balaban J connectivity index is 3.77. The van der Waals surface area contributed by atoms with E-state index in [2.05, 4.69) is 11.9 Å². The molecule has 1 amide bonds. The minimum absolute atomic E-state index is 0.0598. The number of hydrogen-bond acceptors (Lipinski definition) is 5. The zero-order chi connectivity index (χ0) is 14.0. The number of carbonyl (C=O) groups is 2. The molecule has 0 aliphatic carbocycles. The molecular formula is C12H22N2O4. The summed E-state index contributed by atoms with van der Waals surface area (Å²) in [5, 5.41) is 2.65. The Morgan fingerprint density at radius 2 is 2.06 bits per heavy atom. The minimum Gasteiger partial charge on any atom is -0.496 e. The first-order valence-electron chi connectivity index (χ1n) is 5.85. The van der Waals surface area contributed by atoms with Gasteiger partial charge < -0.3 is 20.5 Å². The first-order chi connectivity index (χ1) is 8.47. The summed E-state index contributed by atoms with van der Waals surface area (Å²) in [5.41, 5.74) is 5.33. The summed E-state index contributed by atoms with van der Waals surface area (Å²) >= 11 is 0. The first-order valence-corrected chi connectivity index (χ1v) is 5.85. The van der Waals surface area contributed by atoms with Crippen molar-refractivity contribution in [1.82, 2.24) is 5.32 Å². The predicted octanol–water partition coefficient (Wildman–Crippen LogP) is -0.0242. The van der Waals surface area contributed by atoms with Gasteiger partial charge >= 0.3 is 0 Å². The third-order valence-corrected chi connectivity index (χ3v) is 2.03. The van der Waals surface area contributed by atoms with Crippen molar-refractivity contribution < 1.29 is 19.1 Å². The van der Waals surface area contributed by atoms with Gasteiger partial charge in [-0.3, -0.25) is 9.59 Å². The van der Waals surface area contributed by atoms with E-state index in [0.717, 1.165) is 6.42 Å². The molecule has 1 atom stereocenters. The number of nitrogens with one attached hydrogen (secondary N) is 1. The van der Waals surface area contributed by atoms with Crippen molar-refractivity contribution in [3.8, 4) is 0 Å². The molecular weight excluding hydrogens is 236 g/mol. The molecule has 0 aromatic heterocycles. The van der Waals surface area contributed by atoms with Crippen LogP contribution in [-0.2, 0) is 19.1 Å². The fourth-order valence-electron chi connectivity index (χ4n) is 1.06. The second-order valence-electron chi connectivity index (χ2n) is 3.94. The maximum absolute atomic E-state index is 11.4. The molecule has 0 saturated heterocycles. The fourth-order valence-corrected chi connectivity index (χ4v) is 1.06. The monoisotopic (exact) mass is 258 g/mol. The molecule has 18 heavy (non-hydrogen) atoms.